The van der Waals surface area contributed by atoms with Crippen LogP contribution < -0.4 is 4.31 Å². The van der Waals surface area contributed by atoms with E-state index in [0.29, 0.717) is 24.5 Å². The quantitative estimate of drug-likeness (QED) is 0.849. The van der Waals surface area contributed by atoms with Gasteiger partial charge in [-0.1, -0.05) is 12.1 Å². The van der Waals surface area contributed by atoms with Gasteiger partial charge in [-0.2, -0.15) is 0 Å². The number of aryl methyl sites for hydroxylation is 1. The van der Waals surface area contributed by atoms with E-state index in [9.17, 15) is 21.6 Å². The Hall–Kier alpha value is -2.02. The molecule has 0 saturated heterocycles. The van der Waals surface area contributed by atoms with Gasteiger partial charge in [-0.25, -0.2) is 21.6 Å². The average Bonchev–Trinajstić information content (AvgIpc) is 2.49. The molecular weight excluding hydrogens is 315 g/mol. The van der Waals surface area contributed by atoms with Crippen LogP contribution in [-0.2, 0) is 16.4 Å². The molecule has 3 nitrogen and oxygen atoms in total. The smallest absolute Gasteiger partial charge is 0.263 e. The molecular formula is C15H12F3NO2S. The molecule has 0 atom stereocenters. The highest BCUT2D eigenvalue weighted by Gasteiger charge is 2.31. The van der Waals surface area contributed by atoms with E-state index in [1.54, 1.807) is 6.07 Å². The van der Waals surface area contributed by atoms with E-state index in [0.717, 1.165) is 16.4 Å². The minimum atomic E-state index is -4.15. The van der Waals surface area contributed by atoms with Crippen molar-refractivity contribution >= 4 is 15.7 Å². The van der Waals surface area contributed by atoms with Crippen LogP contribution >= 0.6 is 0 Å². The van der Waals surface area contributed by atoms with Crippen LogP contribution in [0.15, 0.2) is 41.3 Å². The van der Waals surface area contributed by atoms with E-state index in [1.165, 1.54) is 12.1 Å². The molecule has 22 heavy (non-hydrogen) atoms. The fourth-order valence-electron chi connectivity index (χ4n) is 2.57. The number of hydrogen-bond donors (Lipinski definition) is 0. The van der Waals surface area contributed by atoms with Crippen molar-refractivity contribution in [1.29, 1.82) is 0 Å². The van der Waals surface area contributed by atoms with Gasteiger partial charge < -0.3 is 0 Å². The maximum atomic E-state index is 14.1. The summed E-state index contributed by atoms with van der Waals surface area (Å²) in [7, 11) is -4.15. The lowest BCUT2D eigenvalue weighted by molar-refractivity contribution is 0.504. The molecule has 3 rings (SSSR count). The third-order valence-corrected chi connectivity index (χ3v) is 5.40. The van der Waals surface area contributed by atoms with Gasteiger partial charge in [-0.05, 0) is 42.7 Å². The van der Waals surface area contributed by atoms with Crippen molar-refractivity contribution in [2.24, 2.45) is 0 Å². The number of halogens is 3. The summed E-state index contributed by atoms with van der Waals surface area (Å²) >= 11 is 0. The van der Waals surface area contributed by atoms with Crippen molar-refractivity contribution in [3.63, 3.8) is 0 Å². The molecule has 116 valence electrons. The average molecular weight is 327 g/mol. The highest BCUT2D eigenvalue weighted by molar-refractivity contribution is 7.92. The van der Waals surface area contributed by atoms with Crippen molar-refractivity contribution in [1.82, 2.24) is 0 Å². The van der Waals surface area contributed by atoms with Crippen molar-refractivity contribution in [3.8, 4) is 0 Å². The fraction of sp³-hybridized carbons (Fsp3) is 0.200. The summed E-state index contributed by atoms with van der Waals surface area (Å²) in [5, 5.41) is 0. The van der Waals surface area contributed by atoms with Crippen LogP contribution in [0, 0.1) is 17.5 Å². The Kier molecular flexibility index (Phi) is 3.60. The van der Waals surface area contributed by atoms with Gasteiger partial charge in [-0.15, -0.1) is 0 Å². The SMILES string of the molecule is O=S(=O)(c1ccc(F)c(F)c1)N1CCCc2cccc(F)c21. The van der Waals surface area contributed by atoms with Crippen LogP contribution in [0.4, 0.5) is 18.9 Å². The molecule has 0 N–H and O–H groups in total. The summed E-state index contributed by atoms with van der Waals surface area (Å²) in [6.45, 7) is 0.0925. The summed E-state index contributed by atoms with van der Waals surface area (Å²) in [4.78, 5) is -0.400. The number of para-hydroxylation sites is 1. The van der Waals surface area contributed by atoms with Gasteiger partial charge in [-0.3, -0.25) is 4.31 Å². The number of sulfonamides is 1. The van der Waals surface area contributed by atoms with E-state index < -0.39 is 32.4 Å². The number of hydrogen-bond acceptors (Lipinski definition) is 2. The number of benzene rings is 2. The minimum Gasteiger partial charge on any atom is -0.263 e. The van der Waals surface area contributed by atoms with E-state index in [2.05, 4.69) is 0 Å². The molecule has 0 saturated carbocycles. The third kappa shape index (κ3) is 2.35. The number of fused-ring (bicyclic) bond motifs is 1. The number of anilines is 1. The first-order valence-electron chi connectivity index (χ1n) is 6.66. The molecule has 2 aromatic rings. The zero-order valence-electron chi connectivity index (χ0n) is 11.4. The van der Waals surface area contributed by atoms with Crippen LogP contribution in [-0.4, -0.2) is 15.0 Å². The molecule has 0 radical (unpaired) electrons. The molecule has 0 unspecified atom stereocenters. The normalized spacial score (nSPS) is 14.8. The predicted molar refractivity (Wildman–Crippen MR) is 75.6 cm³/mol. The first-order valence-corrected chi connectivity index (χ1v) is 8.10. The second kappa shape index (κ2) is 5.31. The second-order valence-corrected chi connectivity index (χ2v) is 6.87. The van der Waals surface area contributed by atoms with Crippen LogP contribution in [0.5, 0.6) is 0 Å². The molecule has 0 spiro atoms. The highest BCUT2D eigenvalue weighted by Crippen LogP contribution is 2.34. The fourth-order valence-corrected chi connectivity index (χ4v) is 4.13. The Bertz CT molecular complexity index is 837. The Balaban J connectivity index is 2.13. The first kappa shape index (κ1) is 14.9. The molecule has 1 heterocycles. The van der Waals surface area contributed by atoms with E-state index in [4.69, 9.17) is 0 Å². The zero-order valence-corrected chi connectivity index (χ0v) is 12.2. The van der Waals surface area contributed by atoms with Gasteiger partial charge in [0.1, 0.15) is 5.82 Å². The maximum Gasteiger partial charge on any atom is 0.264 e. The van der Waals surface area contributed by atoms with Crippen LogP contribution in [0.2, 0.25) is 0 Å². The summed E-state index contributed by atoms with van der Waals surface area (Å²) in [5.74, 6) is -3.04. The Labute approximate surface area is 126 Å². The summed E-state index contributed by atoms with van der Waals surface area (Å²) in [5.41, 5.74) is 0.566. The predicted octanol–water partition coefficient (Wildman–Crippen LogP) is 3.25. The molecule has 2 aromatic carbocycles. The summed E-state index contributed by atoms with van der Waals surface area (Å²) in [6.07, 6.45) is 1.09. The summed E-state index contributed by atoms with van der Waals surface area (Å²) in [6, 6.07) is 6.68. The Morgan fingerprint density at radius 3 is 2.45 bits per heavy atom. The standard InChI is InChI=1S/C15H12F3NO2S/c16-12-7-6-11(9-14(12)18)22(20,21)19-8-2-4-10-3-1-5-13(17)15(10)19/h1,3,5-7,9H,2,4,8H2. The molecule has 0 aromatic heterocycles. The first-order chi connectivity index (χ1) is 10.4. The lowest BCUT2D eigenvalue weighted by atomic mass is 10.0. The largest absolute Gasteiger partial charge is 0.264 e. The van der Waals surface area contributed by atoms with Gasteiger partial charge in [0.15, 0.2) is 11.6 Å². The van der Waals surface area contributed by atoms with Crippen molar-refractivity contribution in [2.75, 3.05) is 10.8 Å². The molecule has 0 amide bonds. The molecule has 0 aliphatic carbocycles. The molecule has 0 bridgehead atoms. The monoisotopic (exact) mass is 327 g/mol. The van der Waals surface area contributed by atoms with Crippen LogP contribution in [0.3, 0.4) is 0 Å². The molecule has 0 fully saturated rings. The maximum absolute atomic E-state index is 14.1. The summed E-state index contributed by atoms with van der Waals surface area (Å²) < 4.78 is 66.6. The Morgan fingerprint density at radius 2 is 1.73 bits per heavy atom. The lowest BCUT2D eigenvalue weighted by Gasteiger charge is -2.30. The van der Waals surface area contributed by atoms with Gasteiger partial charge in [0, 0.05) is 6.54 Å². The molecule has 1 aliphatic heterocycles. The van der Waals surface area contributed by atoms with Crippen molar-refractivity contribution < 1.29 is 21.6 Å². The van der Waals surface area contributed by atoms with Crippen LogP contribution in [0.1, 0.15) is 12.0 Å². The minimum absolute atomic E-state index is 0.0153. The van der Waals surface area contributed by atoms with Crippen molar-refractivity contribution in [2.45, 2.75) is 17.7 Å². The van der Waals surface area contributed by atoms with E-state index >= 15 is 0 Å². The Morgan fingerprint density at radius 1 is 0.955 bits per heavy atom. The van der Waals surface area contributed by atoms with Gasteiger partial charge in [0.2, 0.25) is 0 Å². The van der Waals surface area contributed by atoms with Gasteiger partial charge in [0.05, 0.1) is 10.6 Å². The zero-order chi connectivity index (χ0) is 15.9. The lowest BCUT2D eigenvalue weighted by Crippen LogP contribution is -2.36. The number of rotatable bonds is 2. The second-order valence-electron chi connectivity index (χ2n) is 5.00. The molecule has 7 heteroatoms. The van der Waals surface area contributed by atoms with Gasteiger partial charge >= 0.3 is 0 Å². The topological polar surface area (TPSA) is 37.4 Å². The number of nitrogens with zero attached hydrogens (tertiary/aromatic N) is 1. The third-order valence-electron chi connectivity index (χ3n) is 3.61. The van der Waals surface area contributed by atoms with E-state index in [-0.39, 0.29) is 12.2 Å². The van der Waals surface area contributed by atoms with Crippen molar-refractivity contribution in [3.05, 3.63) is 59.4 Å². The van der Waals surface area contributed by atoms with Crippen LogP contribution in [0.25, 0.3) is 0 Å². The molecule has 1 aliphatic rings. The van der Waals surface area contributed by atoms with Gasteiger partial charge in [0.25, 0.3) is 10.0 Å². The highest BCUT2D eigenvalue weighted by atomic mass is 32.2. The van der Waals surface area contributed by atoms with E-state index in [1.807, 2.05) is 0 Å².